The fourth-order valence-electron chi connectivity index (χ4n) is 2.19. The van der Waals surface area contributed by atoms with Crippen molar-refractivity contribution in [1.29, 1.82) is 0 Å². The van der Waals surface area contributed by atoms with Crippen molar-refractivity contribution in [2.24, 2.45) is 0 Å². The number of pyridine rings is 1. The largest absolute Gasteiger partial charge is 0.389 e. The lowest BCUT2D eigenvalue weighted by atomic mass is 9.98. The van der Waals surface area contributed by atoms with Gasteiger partial charge in [-0.1, -0.05) is 5.21 Å². The topological polar surface area (TPSA) is 107 Å². The second-order valence-corrected chi connectivity index (χ2v) is 6.10. The van der Waals surface area contributed by atoms with Gasteiger partial charge in [-0.2, -0.15) is 11.8 Å². The first-order valence-corrected chi connectivity index (χ1v) is 7.53. The molecule has 1 fully saturated rings. The number of nitro groups is 1. The van der Waals surface area contributed by atoms with E-state index in [2.05, 4.69) is 15.3 Å². The fourth-order valence-corrected chi connectivity index (χ4v) is 3.48. The maximum Gasteiger partial charge on any atom is 0.287 e. The molecule has 0 amide bonds. The van der Waals surface area contributed by atoms with Gasteiger partial charge in [-0.25, -0.2) is 9.67 Å². The van der Waals surface area contributed by atoms with Crippen LogP contribution in [0.5, 0.6) is 0 Å². The molecule has 3 rings (SSSR count). The van der Waals surface area contributed by atoms with Gasteiger partial charge < -0.3 is 5.11 Å². The van der Waals surface area contributed by atoms with E-state index in [1.165, 1.54) is 23.0 Å². The van der Waals surface area contributed by atoms with E-state index in [4.69, 9.17) is 0 Å². The molecule has 2 aromatic rings. The lowest BCUT2D eigenvalue weighted by Crippen LogP contribution is -2.30. The highest BCUT2D eigenvalue weighted by Crippen LogP contribution is 2.30. The minimum Gasteiger partial charge on any atom is -0.389 e. The molecule has 0 bridgehead atoms. The molecule has 3 heterocycles. The predicted octanol–water partition coefficient (Wildman–Crippen LogP) is 0.981. The lowest BCUT2D eigenvalue weighted by molar-refractivity contribution is -0.385. The first kappa shape index (κ1) is 14.0. The molecule has 1 aliphatic heterocycles. The molecule has 0 saturated carbocycles. The Morgan fingerprint density at radius 2 is 2.38 bits per heavy atom. The molecule has 0 spiro atoms. The van der Waals surface area contributed by atoms with Crippen molar-refractivity contribution >= 4 is 17.4 Å². The quantitative estimate of drug-likeness (QED) is 0.662. The fraction of sp³-hybridized carbons (Fsp3) is 0.417. The molecule has 1 N–H and O–H groups in total. The average molecular weight is 307 g/mol. The van der Waals surface area contributed by atoms with Crippen LogP contribution >= 0.6 is 11.8 Å². The van der Waals surface area contributed by atoms with Crippen LogP contribution in [0.2, 0.25) is 0 Å². The van der Waals surface area contributed by atoms with Crippen molar-refractivity contribution in [2.45, 2.75) is 18.4 Å². The van der Waals surface area contributed by atoms with Crippen LogP contribution in [0.1, 0.15) is 12.1 Å². The average Bonchev–Trinajstić information content (AvgIpc) is 3.09. The smallest absolute Gasteiger partial charge is 0.287 e. The molecule has 2 aromatic heterocycles. The minimum atomic E-state index is -0.714. The summed E-state index contributed by atoms with van der Waals surface area (Å²) in [6.45, 7) is 0. The van der Waals surface area contributed by atoms with Crippen molar-refractivity contribution in [1.82, 2.24) is 20.0 Å². The van der Waals surface area contributed by atoms with Crippen LogP contribution < -0.4 is 0 Å². The number of thioether (sulfide) groups is 1. The number of hydrogen-bond acceptors (Lipinski definition) is 7. The van der Waals surface area contributed by atoms with Gasteiger partial charge >= 0.3 is 0 Å². The summed E-state index contributed by atoms with van der Waals surface area (Å²) in [4.78, 5) is 14.1. The van der Waals surface area contributed by atoms with E-state index in [0.29, 0.717) is 23.7 Å². The van der Waals surface area contributed by atoms with Gasteiger partial charge in [0, 0.05) is 18.2 Å². The molecule has 1 atom stereocenters. The molecule has 9 heteroatoms. The third-order valence-corrected chi connectivity index (χ3v) is 4.55. The summed E-state index contributed by atoms with van der Waals surface area (Å²) in [5.41, 5.74) is -0.106. The van der Waals surface area contributed by atoms with Gasteiger partial charge in [-0.15, -0.1) is 5.10 Å². The Morgan fingerprint density at radius 1 is 1.52 bits per heavy atom. The van der Waals surface area contributed by atoms with Gasteiger partial charge in [-0.05, 0) is 18.2 Å². The van der Waals surface area contributed by atoms with Crippen LogP contribution in [0.4, 0.5) is 5.69 Å². The molecule has 1 aliphatic rings. The Kier molecular flexibility index (Phi) is 3.60. The van der Waals surface area contributed by atoms with Crippen LogP contribution in [0.15, 0.2) is 24.5 Å². The summed E-state index contributed by atoms with van der Waals surface area (Å²) < 4.78 is 1.45. The zero-order chi connectivity index (χ0) is 14.9. The van der Waals surface area contributed by atoms with Crippen LogP contribution in [0, 0.1) is 10.1 Å². The second-order valence-electron chi connectivity index (χ2n) is 4.99. The molecule has 0 aromatic carbocycles. The summed E-state index contributed by atoms with van der Waals surface area (Å²) >= 11 is 1.73. The molecule has 0 aliphatic carbocycles. The van der Waals surface area contributed by atoms with Gasteiger partial charge in [0.05, 0.1) is 22.4 Å². The van der Waals surface area contributed by atoms with E-state index >= 15 is 0 Å². The number of nitrogens with zero attached hydrogens (tertiary/aromatic N) is 5. The van der Waals surface area contributed by atoms with Crippen molar-refractivity contribution < 1.29 is 10.0 Å². The first-order valence-electron chi connectivity index (χ1n) is 6.38. The van der Waals surface area contributed by atoms with E-state index in [9.17, 15) is 15.2 Å². The van der Waals surface area contributed by atoms with Crippen molar-refractivity contribution in [3.8, 4) is 5.82 Å². The molecule has 110 valence electrons. The minimum absolute atomic E-state index is 0.0728. The lowest BCUT2D eigenvalue weighted by Gasteiger charge is -2.18. The molecule has 0 radical (unpaired) electrons. The van der Waals surface area contributed by atoms with Crippen molar-refractivity contribution in [3.63, 3.8) is 0 Å². The highest BCUT2D eigenvalue weighted by Gasteiger charge is 2.32. The molecule has 21 heavy (non-hydrogen) atoms. The summed E-state index contributed by atoms with van der Waals surface area (Å²) in [6, 6.07) is 2.88. The molecule has 8 nitrogen and oxygen atoms in total. The highest BCUT2D eigenvalue weighted by molar-refractivity contribution is 7.99. The Balaban J connectivity index is 1.76. The first-order chi connectivity index (χ1) is 10.1. The second kappa shape index (κ2) is 5.41. The van der Waals surface area contributed by atoms with Gasteiger partial charge in [0.15, 0.2) is 5.82 Å². The summed E-state index contributed by atoms with van der Waals surface area (Å²) in [5.74, 6) is 2.11. The number of hydrogen-bond donors (Lipinski definition) is 1. The number of aliphatic hydroxyl groups is 1. The van der Waals surface area contributed by atoms with Crippen LogP contribution in [-0.4, -0.2) is 47.1 Å². The highest BCUT2D eigenvalue weighted by atomic mass is 32.2. The summed E-state index contributed by atoms with van der Waals surface area (Å²) in [7, 11) is 0. The Bertz CT molecular complexity index is 651. The molecule has 1 unspecified atom stereocenters. The molecular weight excluding hydrogens is 294 g/mol. The van der Waals surface area contributed by atoms with Crippen LogP contribution in [-0.2, 0) is 6.42 Å². The van der Waals surface area contributed by atoms with Gasteiger partial charge in [0.25, 0.3) is 5.69 Å². The van der Waals surface area contributed by atoms with E-state index in [0.717, 1.165) is 12.2 Å². The van der Waals surface area contributed by atoms with Gasteiger partial charge in [0.1, 0.15) is 6.20 Å². The third kappa shape index (κ3) is 3.03. The monoisotopic (exact) mass is 307 g/mol. The maximum atomic E-state index is 10.6. The summed E-state index contributed by atoms with van der Waals surface area (Å²) in [5, 5.41) is 28.9. The van der Waals surface area contributed by atoms with E-state index in [1.807, 2.05) is 0 Å². The van der Waals surface area contributed by atoms with Gasteiger partial charge in [0.2, 0.25) is 0 Å². The zero-order valence-electron chi connectivity index (χ0n) is 11.0. The normalized spacial score (nSPS) is 21.6. The Labute approximate surface area is 124 Å². The van der Waals surface area contributed by atoms with E-state index in [1.54, 1.807) is 18.0 Å². The van der Waals surface area contributed by atoms with Crippen molar-refractivity contribution in [2.75, 3.05) is 11.5 Å². The standard InChI is InChI=1S/C12H13N5O3S/c18-12(3-4-21-8-12)5-9-7-16(15-14-9)11-2-1-10(6-13-11)17(19)20/h1-2,6-7,18H,3-5,8H2. The Morgan fingerprint density at radius 3 is 3.00 bits per heavy atom. The zero-order valence-corrected chi connectivity index (χ0v) is 11.9. The third-order valence-electron chi connectivity index (χ3n) is 3.31. The van der Waals surface area contributed by atoms with Gasteiger partial charge in [-0.3, -0.25) is 10.1 Å². The SMILES string of the molecule is O=[N+]([O-])c1ccc(-n2cc(CC3(O)CCSC3)nn2)nc1. The van der Waals surface area contributed by atoms with Crippen LogP contribution in [0.25, 0.3) is 5.82 Å². The number of aromatic nitrogens is 4. The van der Waals surface area contributed by atoms with Crippen molar-refractivity contribution in [3.05, 3.63) is 40.3 Å². The molecular formula is C12H13N5O3S. The predicted molar refractivity (Wildman–Crippen MR) is 76.4 cm³/mol. The number of rotatable bonds is 4. The van der Waals surface area contributed by atoms with Crippen LogP contribution in [0.3, 0.4) is 0 Å². The Hall–Kier alpha value is -2.00. The maximum absolute atomic E-state index is 10.6. The van der Waals surface area contributed by atoms with E-state index in [-0.39, 0.29) is 5.69 Å². The van der Waals surface area contributed by atoms with E-state index < -0.39 is 10.5 Å². The summed E-state index contributed by atoms with van der Waals surface area (Å²) in [6.07, 6.45) is 4.07. The molecule has 1 saturated heterocycles.